The first-order valence-corrected chi connectivity index (χ1v) is 8.43. The van der Waals surface area contributed by atoms with Crippen molar-refractivity contribution in [2.75, 3.05) is 39.0 Å². The van der Waals surface area contributed by atoms with Crippen LogP contribution in [0.2, 0.25) is 0 Å². The summed E-state index contributed by atoms with van der Waals surface area (Å²) < 4.78 is 27.2. The number of rotatable bonds is 9. The number of benzene rings is 1. The normalized spacial score (nSPS) is 11.8. The fraction of sp³-hybridized carbons (Fsp3) is 0.571. The van der Waals surface area contributed by atoms with Gasteiger partial charge in [0.1, 0.15) is 4.90 Å². The van der Waals surface area contributed by atoms with Gasteiger partial charge < -0.3 is 10.2 Å². The molecule has 1 aromatic carbocycles. The Balaban J connectivity index is 2.60. The lowest BCUT2D eigenvalue weighted by Crippen LogP contribution is -2.26. The first-order valence-electron chi connectivity index (χ1n) is 6.94. The molecule has 0 aliphatic rings. The Morgan fingerprint density at radius 3 is 2.50 bits per heavy atom. The van der Waals surface area contributed by atoms with Crippen LogP contribution in [-0.2, 0) is 10.0 Å². The maximum Gasteiger partial charge on any atom is 0.242 e. The molecule has 5 nitrogen and oxygen atoms in total. The van der Waals surface area contributed by atoms with Crippen LogP contribution in [0.4, 0.5) is 5.69 Å². The minimum absolute atomic E-state index is 0.314. The van der Waals surface area contributed by atoms with Gasteiger partial charge >= 0.3 is 0 Å². The molecule has 0 fully saturated rings. The van der Waals surface area contributed by atoms with E-state index in [4.69, 9.17) is 0 Å². The van der Waals surface area contributed by atoms with Gasteiger partial charge in [0.2, 0.25) is 10.0 Å². The van der Waals surface area contributed by atoms with Crippen LogP contribution in [0.5, 0.6) is 0 Å². The summed E-state index contributed by atoms with van der Waals surface area (Å²) >= 11 is 0. The van der Waals surface area contributed by atoms with Crippen LogP contribution in [-0.4, -0.2) is 47.0 Å². The van der Waals surface area contributed by atoms with E-state index in [1.54, 1.807) is 18.2 Å². The van der Waals surface area contributed by atoms with Crippen molar-refractivity contribution in [3.63, 3.8) is 0 Å². The highest BCUT2D eigenvalue weighted by atomic mass is 32.2. The first-order chi connectivity index (χ1) is 9.47. The predicted molar refractivity (Wildman–Crippen MR) is 83.6 cm³/mol. The van der Waals surface area contributed by atoms with Crippen LogP contribution >= 0.6 is 0 Å². The number of unbranched alkanes of at least 4 members (excludes halogenated alkanes) is 1. The molecule has 0 unspecified atom stereocenters. The summed E-state index contributed by atoms with van der Waals surface area (Å²) in [6, 6.07) is 6.97. The zero-order chi connectivity index (χ0) is 15.0. The summed E-state index contributed by atoms with van der Waals surface area (Å²) in [7, 11) is 0.582. The summed E-state index contributed by atoms with van der Waals surface area (Å²) in [5.41, 5.74) is 0.649. The molecule has 0 bridgehead atoms. The number of para-hydroxylation sites is 1. The molecule has 0 atom stereocenters. The van der Waals surface area contributed by atoms with E-state index in [0.717, 1.165) is 19.4 Å². The Morgan fingerprint density at radius 1 is 1.15 bits per heavy atom. The molecule has 1 aromatic rings. The Kier molecular flexibility index (Phi) is 6.98. The highest BCUT2D eigenvalue weighted by Gasteiger charge is 2.16. The molecule has 0 aliphatic carbocycles. The highest BCUT2D eigenvalue weighted by Crippen LogP contribution is 2.20. The van der Waals surface area contributed by atoms with Crippen LogP contribution in [0, 0.1) is 0 Å². The van der Waals surface area contributed by atoms with E-state index in [0.29, 0.717) is 23.7 Å². The molecule has 0 spiro atoms. The maximum absolute atomic E-state index is 12.3. The molecule has 0 radical (unpaired) electrons. The molecule has 0 saturated carbocycles. The SMILES string of the molecule is CCNc1ccccc1S(=O)(=O)NCCCCN(C)C. The van der Waals surface area contributed by atoms with Crippen molar-refractivity contribution in [3.05, 3.63) is 24.3 Å². The van der Waals surface area contributed by atoms with Crippen LogP contribution in [0.3, 0.4) is 0 Å². The van der Waals surface area contributed by atoms with Crippen molar-refractivity contribution in [2.45, 2.75) is 24.7 Å². The number of anilines is 1. The zero-order valence-electron chi connectivity index (χ0n) is 12.5. The molecule has 0 aliphatic heterocycles. The van der Waals surface area contributed by atoms with E-state index in [-0.39, 0.29) is 0 Å². The van der Waals surface area contributed by atoms with Gasteiger partial charge in [-0.25, -0.2) is 13.1 Å². The van der Waals surface area contributed by atoms with Gasteiger partial charge in [0, 0.05) is 13.1 Å². The maximum atomic E-state index is 12.3. The number of hydrogen-bond acceptors (Lipinski definition) is 4. The Labute approximate surface area is 122 Å². The third kappa shape index (κ3) is 5.48. The van der Waals surface area contributed by atoms with Crippen molar-refractivity contribution < 1.29 is 8.42 Å². The summed E-state index contributed by atoms with van der Waals surface area (Å²) in [4.78, 5) is 2.41. The van der Waals surface area contributed by atoms with Crippen LogP contribution < -0.4 is 10.0 Å². The van der Waals surface area contributed by atoms with E-state index in [2.05, 4.69) is 14.9 Å². The summed E-state index contributed by atoms with van der Waals surface area (Å²) in [5.74, 6) is 0. The van der Waals surface area contributed by atoms with Gasteiger partial charge in [-0.05, 0) is 52.5 Å². The monoisotopic (exact) mass is 299 g/mol. The van der Waals surface area contributed by atoms with Crippen molar-refractivity contribution in [1.82, 2.24) is 9.62 Å². The standard InChI is InChI=1S/C14H25N3O2S/c1-4-15-13-9-5-6-10-14(13)20(18,19)16-11-7-8-12-17(2)3/h5-6,9-10,15-16H,4,7-8,11-12H2,1-3H3. The second-order valence-corrected chi connectivity index (χ2v) is 6.67. The number of nitrogens with one attached hydrogen (secondary N) is 2. The predicted octanol–water partition coefficient (Wildman–Crippen LogP) is 1.74. The summed E-state index contributed by atoms with van der Waals surface area (Å²) in [6.45, 7) is 4.07. The number of hydrogen-bond donors (Lipinski definition) is 2. The molecular formula is C14H25N3O2S. The van der Waals surface area contributed by atoms with E-state index in [9.17, 15) is 8.42 Å². The summed E-state index contributed by atoms with van der Waals surface area (Å²) in [6.07, 6.45) is 1.81. The van der Waals surface area contributed by atoms with Crippen LogP contribution in [0.15, 0.2) is 29.2 Å². The average molecular weight is 299 g/mol. The zero-order valence-corrected chi connectivity index (χ0v) is 13.3. The lowest BCUT2D eigenvalue weighted by molar-refractivity contribution is 0.394. The minimum atomic E-state index is -3.44. The second-order valence-electron chi connectivity index (χ2n) is 4.93. The second kappa shape index (κ2) is 8.24. The first kappa shape index (κ1) is 16.9. The molecule has 2 N–H and O–H groups in total. The topological polar surface area (TPSA) is 61.4 Å². The fourth-order valence-corrected chi connectivity index (χ4v) is 3.13. The van der Waals surface area contributed by atoms with Gasteiger partial charge in [0.05, 0.1) is 5.69 Å². The highest BCUT2D eigenvalue weighted by molar-refractivity contribution is 7.89. The van der Waals surface area contributed by atoms with E-state index in [1.807, 2.05) is 27.1 Å². The molecule has 0 saturated heterocycles. The van der Waals surface area contributed by atoms with E-state index < -0.39 is 10.0 Å². The smallest absolute Gasteiger partial charge is 0.242 e. The minimum Gasteiger partial charge on any atom is -0.384 e. The lowest BCUT2D eigenvalue weighted by atomic mass is 10.3. The van der Waals surface area contributed by atoms with E-state index >= 15 is 0 Å². The quantitative estimate of drug-likeness (QED) is 0.682. The molecule has 0 amide bonds. The van der Waals surface area contributed by atoms with Gasteiger partial charge in [-0.1, -0.05) is 12.1 Å². The van der Waals surface area contributed by atoms with Gasteiger partial charge in [-0.3, -0.25) is 0 Å². The van der Waals surface area contributed by atoms with Crippen molar-refractivity contribution in [3.8, 4) is 0 Å². The Hall–Kier alpha value is -1.11. The Bertz CT molecular complexity index is 501. The van der Waals surface area contributed by atoms with Crippen molar-refractivity contribution in [1.29, 1.82) is 0 Å². The molecule has 0 aromatic heterocycles. The summed E-state index contributed by atoms with van der Waals surface area (Å²) in [5, 5.41) is 3.07. The number of nitrogens with zero attached hydrogens (tertiary/aromatic N) is 1. The van der Waals surface area contributed by atoms with Crippen LogP contribution in [0.25, 0.3) is 0 Å². The largest absolute Gasteiger partial charge is 0.384 e. The van der Waals surface area contributed by atoms with Gasteiger partial charge in [-0.15, -0.1) is 0 Å². The van der Waals surface area contributed by atoms with Gasteiger partial charge in [0.25, 0.3) is 0 Å². The molecule has 1 rings (SSSR count). The van der Waals surface area contributed by atoms with Crippen LogP contribution in [0.1, 0.15) is 19.8 Å². The number of sulfonamides is 1. The molecule has 0 heterocycles. The third-order valence-corrected chi connectivity index (χ3v) is 4.39. The molecule has 20 heavy (non-hydrogen) atoms. The van der Waals surface area contributed by atoms with Gasteiger partial charge in [-0.2, -0.15) is 0 Å². The lowest BCUT2D eigenvalue weighted by Gasteiger charge is -2.13. The van der Waals surface area contributed by atoms with Crippen molar-refractivity contribution in [2.24, 2.45) is 0 Å². The van der Waals surface area contributed by atoms with E-state index in [1.165, 1.54) is 0 Å². The average Bonchev–Trinajstić information content (AvgIpc) is 2.38. The Morgan fingerprint density at radius 2 is 1.85 bits per heavy atom. The molecule has 6 heteroatoms. The van der Waals surface area contributed by atoms with Crippen molar-refractivity contribution >= 4 is 15.7 Å². The third-order valence-electron chi connectivity index (χ3n) is 2.87. The fourth-order valence-electron chi connectivity index (χ4n) is 1.87. The molecular weight excluding hydrogens is 274 g/mol. The van der Waals surface area contributed by atoms with Gasteiger partial charge in [0.15, 0.2) is 0 Å². The molecule has 114 valence electrons.